The van der Waals surface area contributed by atoms with Crippen LogP contribution >= 0.6 is 15.9 Å². The molecular weight excluding hydrogens is 426 g/mol. The fourth-order valence-electron chi connectivity index (χ4n) is 3.02. The summed E-state index contributed by atoms with van der Waals surface area (Å²) in [6, 6.07) is 29.4. The van der Waals surface area contributed by atoms with Crippen LogP contribution in [0.3, 0.4) is 0 Å². The van der Waals surface area contributed by atoms with Crippen molar-refractivity contribution in [3.05, 3.63) is 107 Å². The zero-order valence-electron chi connectivity index (χ0n) is 15.5. The fourth-order valence-corrected chi connectivity index (χ4v) is 3.29. The van der Waals surface area contributed by atoms with Crippen LogP contribution in [-0.4, -0.2) is 17.1 Å². The number of rotatable bonds is 5. The Morgan fingerprint density at radius 2 is 1.48 bits per heavy atom. The maximum absolute atomic E-state index is 12.9. The summed E-state index contributed by atoms with van der Waals surface area (Å²) in [5.74, 6) is -0.292. The van der Waals surface area contributed by atoms with Crippen LogP contribution in [0.1, 0.15) is 16.1 Å². The molecule has 5 heteroatoms. The minimum atomic E-state index is -0.292. The van der Waals surface area contributed by atoms with Gasteiger partial charge in [0, 0.05) is 15.7 Å². The summed E-state index contributed by atoms with van der Waals surface area (Å²) in [4.78, 5) is 16.1. The number of amides is 1. The van der Waals surface area contributed by atoms with E-state index in [1.165, 1.54) is 0 Å². The molecule has 142 valence electrons. The lowest BCUT2D eigenvalue weighted by molar-refractivity contribution is 0.0951. The molecule has 3 aromatic carbocycles. The summed E-state index contributed by atoms with van der Waals surface area (Å²) in [7, 11) is 0. The van der Waals surface area contributed by atoms with Crippen LogP contribution < -0.4 is 5.43 Å². The Bertz CT molecular complexity index is 1130. The van der Waals surface area contributed by atoms with Crippen LogP contribution in [0.4, 0.5) is 0 Å². The number of nitrogens with zero attached hydrogens (tertiary/aromatic N) is 1. The van der Waals surface area contributed by atoms with Gasteiger partial charge in [-0.1, -0.05) is 88.7 Å². The molecule has 0 radical (unpaired) electrons. The number of H-pyrrole nitrogens is 1. The van der Waals surface area contributed by atoms with Crippen molar-refractivity contribution < 1.29 is 4.79 Å². The van der Waals surface area contributed by atoms with Gasteiger partial charge in [-0.05, 0) is 34.9 Å². The average molecular weight is 444 g/mol. The van der Waals surface area contributed by atoms with E-state index in [1.807, 2.05) is 91.0 Å². The Labute approximate surface area is 177 Å². The van der Waals surface area contributed by atoms with Gasteiger partial charge in [0.1, 0.15) is 5.69 Å². The standard InChI is InChI=1S/C24H18BrN3O/c25-20-13-11-17(12-14-20)16-26-28-24(29)23-21(18-7-3-1-4-8-18)15-22(27-23)19-9-5-2-6-10-19/h1-16,27H,(H,28,29). The van der Waals surface area contributed by atoms with Crippen LogP contribution in [-0.2, 0) is 0 Å². The second-order valence-corrected chi connectivity index (χ2v) is 7.37. The Hall–Kier alpha value is -3.44. The number of aromatic nitrogens is 1. The second kappa shape index (κ2) is 8.71. The first-order valence-corrected chi connectivity index (χ1v) is 9.93. The third-order valence-electron chi connectivity index (χ3n) is 4.46. The topological polar surface area (TPSA) is 57.2 Å². The molecule has 0 spiro atoms. The van der Waals surface area contributed by atoms with Gasteiger partial charge in [-0.15, -0.1) is 0 Å². The molecule has 0 aliphatic rings. The molecule has 0 saturated carbocycles. The van der Waals surface area contributed by atoms with Gasteiger partial charge in [-0.25, -0.2) is 5.43 Å². The number of carbonyl (C=O) groups is 1. The van der Waals surface area contributed by atoms with E-state index in [2.05, 4.69) is 31.4 Å². The van der Waals surface area contributed by atoms with Crippen molar-refractivity contribution in [3.8, 4) is 22.4 Å². The Kier molecular flexibility index (Phi) is 5.68. The lowest BCUT2D eigenvalue weighted by atomic mass is 10.0. The Morgan fingerprint density at radius 1 is 0.862 bits per heavy atom. The van der Waals surface area contributed by atoms with E-state index in [0.29, 0.717) is 5.69 Å². The van der Waals surface area contributed by atoms with Crippen LogP contribution in [0.15, 0.2) is 101 Å². The van der Waals surface area contributed by atoms with Crippen LogP contribution in [0, 0.1) is 0 Å². The highest BCUT2D eigenvalue weighted by molar-refractivity contribution is 9.10. The molecule has 2 N–H and O–H groups in total. The molecule has 0 fully saturated rings. The van der Waals surface area contributed by atoms with E-state index in [9.17, 15) is 4.79 Å². The molecule has 4 rings (SSSR count). The number of aromatic amines is 1. The normalized spacial score (nSPS) is 10.9. The summed E-state index contributed by atoms with van der Waals surface area (Å²) in [5.41, 5.74) is 7.69. The molecule has 0 atom stereocenters. The van der Waals surface area contributed by atoms with E-state index >= 15 is 0 Å². The third kappa shape index (κ3) is 4.52. The van der Waals surface area contributed by atoms with E-state index < -0.39 is 0 Å². The van der Waals surface area contributed by atoms with Gasteiger partial charge in [0.2, 0.25) is 0 Å². The van der Waals surface area contributed by atoms with Crippen molar-refractivity contribution in [3.63, 3.8) is 0 Å². The highest BCUT2D eigenvalue weighted by Gasteiger charge is 2.17. The second-order valence-electron chi connectivity index (χ2n) is 6.45. The molecule has 29 heavy (non-hydrogen) atoms. The van der Waals surface area contributed by atoms with Gasteiger partial charge in [0.05, 0.1) is 6.21 Å². The number of nitrogens with one attached hydrogen (secondary N) is 2. The predicted molar refractivity (Wildman–Crippen MR) is 121 cm³/mol. The number of hydrogen-bond acceptors (Lipinski definition) is 2. The molecule has 0 saturated heterocycles. The lowest BCUT2D eigenvalue weighted by Crippen LogP contribution is -2.18. The van der Waals surface area contributed by atoms with Crippen molar-refractivity contribution in [2.45, 2.75) is 0 Å². The SMILES string of the molecule is O=C(NN=Cc1ccc(Br)cc1)c1[nH]c(-c2ccccc2)cc1-c1ccccc1. The highest BCUT2D eigenvalue weighted by Crippen LogP contribution is 2.29. The van der Waals surface area contributed by atoms with Gasteiger partial charge in [-0.2, -0.15) is 5.10 Å². The largest absolute Gasteiger partial charge is 0.350 e. The number of halogens is 1. The molecule has 1 aromatic heterocycles. The minimum absolute atomic E-state index is 0.292. The van der Waals surface area contributed by atoms with Crippen LogP contribution in [0.5, 0.6) is 0 Å². The van der Waals surface area contributed by atoms with Crippen LogP contribution in [0.25, 0.3) is 22.4 Å². The van der Waals surface area contributed by atoms with E-state index in [1.54, 1.807) is 6.21 Å². The monoisotopic (exact) mass is 443 g/mol. The van der Waals surface area contributed by atoms with E-state index in [4.69, 9.17) is 0 Å². The summed E-state index contributed by atoms with van der Waals surface area (Å²) in [6.07, 6.45) is 1.62. The molecule has 0 bridgehead atoms. The van der Waals surface area contributed by atoms with E-state index in [-0.39, 0.29) is 5.91 Å². The number of carbonyl (C=O) groups excluding carboxylic acids is 1. The maximum Gasteiger partial charge on any atom is 0.288 e. The summed E-state index contributed by atoms with van der Waals surface area (Å²) in [5, 5.41) is 4.10. The van der Waals surface area contributed by atoms with Crippen molar-refractivity contribution in [1.82, 2.24) is 10.4 Å². The first-order valence-electron chi connectivity index (χ1n) is 9.13. The molecule has 0 unspecified atom stereocenters. The smallest absolute Gasteiger partial charge is 0.288 e. The molecule has 1 heterocycles. The molecule has 0 aliphatic heterocycles. The summed E-state index contributed by atoms with van der Waals surface area (Å²) < 4.78 is 0.992. The van der Waals surface area contributed by atoms with Crippen molar-refractivity contribution in [2.75, 3.05) is 0 Å². The van der Waals surface area contributed by atoms with Crippen molar-refractivity contribution in [1.29, 1.82) is 0 Å². The third-order valence-corrected chi connectivity index (χ3v) is 4.99. The van der Waals surface area contributed by atoms with Crippen molar-refractivity contribution in [2.24, 2.45) is 5.10 Å². The number of hydrogen-bond donors (Lipinski definition) is 2. The Morgan fingerprint density at radius 3 is 2.14 bits per heavy atom. The molecule has 1 amide bonds. The molecule has 4 aromatic rings. The maximum atomic E-state index is 12.9. The lowest BCUT2D eigenvalue weighted by Gasteiger charge is -2.03. The van der Waals surface area contributed by atoms with Gasteiger partial charge in [-0.3, -0.25) is 4.79 Å². The highest BCUT2D eigenvalue weighted by atomic mass is 79.9. The average Bonchev–Trinajstić information content (AvgIpc) is 3.22. The summed E-state index contributed by atoms with van der Waals surface area (Å²) in [6.45, 7) is 0. The van der Waals surface area contributed by atoms with Gasteiger partial charge < -0.3 is 4.98 Å². The van der Waals surface area contributed by atoms with Gasteiger partial charge >= 0.3 is 0 Å². The zero-order chi connectivity index (χ0) is 20.1. The minimum Gasteiger partial charge on any atom is -0.350 e. The first kappa shape index (κ1) is 18.9. The molecule has 0 aliphatic carbocycles. The zero-order valence-corrected chi connectivity index (χ0v) is 17.1. The first-order chi connectivity index (χ1) is 14.2. The van der Waals surface area contributed by atoms with Gasteiger partial charge in [0.25, 0.3) is 5.91 Å². The van der Waals surface area contributed by atoms with Crippen LogP contribution in [0.2, 0.25) is 0 Å². The molecule has 4 nitrogen and oxygen atoms in total. The fraction of sp³-hybridized carbons (Fsp3) is 0. The van der Waals surface area contributed by atoms with Crippen molar-refractivity contribution >= 4 is 28.1 Å². The molecular formula is C24H18BrN3O. The number of benzene rings is 3. The number of hydrazone groups is 1. The van der Waals surface area contributed by atoms with Gasteiger partial charge in [0.15, 0.2) is 0 Å². The quantitative estimate of drug-likeness (QED) is 0.293. The van der Waals surface area contributed by atoms with E-state index in [0.717, 1.165) is 32.4 Å². The Balaban J connectivity index is 1.63. The summed E-state index contributed by atoms with van der Waals surface area (Å²) >= 11 is 3.40. The predicted octanol–water partition coefficient (Wildman–Crippen LogP) is 5.88.